The highest BCUT2D eigenvalue weighted by atomic mass is 16.8. The Kier molecular flexibility index (Phi) is 15.4. The monoisotopic (exact) mass is 741 g/mol. The molecule has 24 nitrogen and oxygen atoms in total. The van der Waals surface area contributed by atoms with Crippen molar-refractivity contribution < 1.29 is 115 Å². The van der Waals surface area contributed by atoms with Gasteiger partial charge >= 0.3 is 0 Å². The molecule has 50 heavy (non-hydrogen) atoms. The first-order valence-corrected chi connectivity index (χ1v) is 15.7. The van der Waals surface area contributed by atoms with Crippen molar-refractivity contribution in [2.75, 3.05) is 40.2 Å². The lowest BCUT2D eigenvalue weighted by molar-refractivity contribution is -1.11. The Balaban J connectivity index is 1.52. The van der Waals surface area contributed by atoms with Crippen molar-refractivity contribution in [3.8, 4) is 0 Å². The molecule has 0 saturated carbocycles. The van der Waals surface area contributed by atoms with Crippen molar-refractivity contribution in [2.24, 2.45) is 0 Å². The van der Waals surface area contributed by atoms with Crippen molar-refractivity contribution in [3.63, 3.8) is 0 Å². The van der Waals surface area contributed by atoms with Gasteiger partial charge in [-0.1, -0.05) is 0 Å². The van der Waals surface area contributed by atoms with E-state index >= 15 is 0 Å². The summed E-state index contributed by atoms with van der Waals surface area (Å²) in [5.74, 6) is 0. The third kappa shape index (κ3) is 9.04. The van der Waals surface area contributed by atoms with Crippen molar-refractivity contribution in [2.45, 2.75) is 123 Å². The molecule has 0 aromatic carbocycles. The van der Waals surface area contributed by atoms with E-state index in [9.17, 15) is 71.6 Å². The molecule has 0 aromatic rings. The lowest BCUT2D eigenvalue weighted by Gasteiger charge is -2.49. The van der Waals surface area contributed by atoms with Crippen LogP contribution in [0.15, 0.2) is 0 Å². The fraction of sp³-hybridized carbons (Fsp3) is 1.00. The van der Waals surface area contributed by atoms with E-state index < -0.39 is 156 Å². The predicted molar refractivity (Wildman–Crippen MR) is 149 cm³/mol. The number of nitrogens with one attached hydrogen (secondary N) is 2. The molecule has 4 aliphatic heterocycles. The first kappa shape index (κ1) is 41.8. The van der Waals surface area contributed by atoms with Crippen LogP contribution in [0, 0.1) is 0 Å². The first-order chi connectivity index (χ1) is 23.7. The minimum atomic E-state index is -2.06. The summed E-state index contributed by atoms with van der Waals surface area (Å²) in [6, 6.07) is 0. The lowest BCUT2D eigenvalue weighted by Crippen LogP contribution is -3.13. The highest BCUT2D eigenvalue weighted by Gasteiger charge is 2.55. The Morgan fingerprint density at radius 3 is 1.14 bits per heavy atom. The fourth-order valence-corrected chi connectivity index (χ4v) is 5.88. The molecule has 24 heteroatoms. The lowest BCUT2D eigenvalue weighted by atomic mass is 9.95. The Morgan fingerprint density at radius 1 is 0.460 bits per heavy atom. The smallest absolute Gasteiger partial charge is 0.188 e. The van der Waals surface area contributed by atoms with Gasteiger partial charge in [-0.2, -0.15) is 5.21 Å². The van der Waals surface area contributed by atoms with Crippen LogP contribution in [0.2, 0.25) is 0 Å². The van der Waals surface area contributed by atoms with Crippen molar-refractivity contribution in [1.29, 1.82) is 0 Å². The zero-order chi connectivity index (χ0) is 37.0. The quantitative estimate of drug-likeness (QED) is 0.0580. The maximum Gasteiger partial charge on any atom is 0.188 e. The molecule has 4 saturated heterocycles. The van der Waals surface area contributed by atoms with Crippen LogP contribution in [0.25, 0.3) is 0 Å². The molecule has 16 N–H and O–H groups in total. The third-order valence-corrected chi connectivity index (χ3v) is 8.76. The molecule has 0 aromatic heterocycles. The second-order valence-electron chi connectivity index (χ2n) is 12.2. The van der Waals surface area contributed by atoms with Crippen LogP contribution in [-0.4, -0.2) is 235 Å². The molecule has 1 unspecified atom stereocenters. The number of aliphatic hydroxyl groups is 13. The van der Waals surface area contributed by atoms with E-state index in [4.69, 9.17) is 37.9 Å². The molecule has 4 aliphatic rings. The van der Waals surface area contributed by atoms with Gasteiger partial charge in [0.1, 0.15) is 111 Å². The molecule has 294 valence electrons. The number of aliphatic hydroxyl groups excluding tert-OH is 13. The maximum absolute atomic E-state index is 11.2. The van der Waals surface area contributed by atoms with Gasteiger partial charge in [0.15, 0.2) is 25.2 Å². The normalized spacial score (nSPS) is 49.5. The largest absolute Gasteiger partial charge is 0.394 e. The Labute approximate surface area is 283 Å². The van der Waals surface area contributed by atoms with Crippen LogP contribution in [-0.2, 0) is 37.9 Å². The molecule has 4 fully saturated rings. The van der Waals surface area contributed by atoms with Gasteiger partial charge in [0.05, 0.1) is 26.4 Å². The second kappa shape index (κ2) is 18.4. The SMILES string of the molecule is C[NH+](O)NCO[C@@H]1O[C@H](CO)[C@@H](O)[C@H](O[C@@H]2O[C@H](CO)[C@@H](O)[C@H](O[C@@H]3O[C@H](CO)[C@@H](O)[C@H](O[C@@H]4O[C@H](CO)[C@@H](O)[C@H](O)[C@H]4O)[C@H]3O)[C@H]2O)[C@H]1O. The standard InChI is InChI=1S/C26H48N2O22/c1-28(42)27-6-43-23-17(39)20(12(34)8(3-30)44-23)49-25-19(41)22(14(36)10(5-32)46-25)50-26-18(40)21(13(35)9(4-31)47-26)48-24-16(38)15(37)11(33)7(2-29)45-24/h7-27,29-42H,2-6H2,1H3/p+1/t7-,8-,9-,10-,11-,12-,13-,14-,15+,16-,17-,18-,19-,20+,21+,22+,23-,24+,25+,26+/m1/s1. The Morgan fingerprint density at radius 2 is 0.780 bits per heavy atom. The second-order valence-corrected chi connectivity index (χ2v) is 12.2. The Hall–Kier alpha value is -0.960. The molecule has 4 rings (SSSR count). The molecular formula is C26H49N2O22+. The predicted octanol–water partition coefficient (Wildman–Crippen LogP) is -11.4. The van der Waals surface area contributed by atoms with E-state index in [1.807, 2.05) is 0 Å². The van der Waals surface area contributed by atoms with Crippen LogP contribution < -0.4 is 10.6 Å². The minimum absolute atomic E-state index is 0.237. The molecule has 4 heterocycles. The van der Waals surface area contributed by atoms with Gasteiger partial charge in [0.25, 0.3) is 0 Å². The molecule has 0 aliphatic carbocycles. The summed E-state index contributed by atoms with van der Waals surface area (Å²) < 4.78 is 43.8. The highest BCUT2D eigenvalue weighted by molar-refractivity contribution is 4.98. The van der Waals surface area contributed by atoms with E-state index in [0.29, 0.717) is 0 Å². The molecule has 0 bridgehead atoms. The number of hydrogen-bond acceptors (Lipinski definition) is 23. The number of rotatable bonds is 14. The van der Waals surface area contributed by atoms with E-state index in [-0.39, 0.29) is 5.17 Å². The van der Waals surface area contributed by atoms with Crippen molar-refractivity contribution in [1.82, 2.24) is 5.43 Å². The average molecular weight is 742 g/mol. The van der Waals surface area contributed by atoms with Crippen LogP contribution in [0.5, 0.6) is 0 Å². The zero-order valence-corrected chi connectivity index (χ0v) is 26.6. The summed E-state index contributed by atoms with van der Waals surface area (Å²) in [7, 11) is 1.30. The Bertz CT molecular complexity index is 1020. The van der Waals surface area contributed by atoms with Crippen molar-refractivity contribution >= 4 is 0 Å². The number of hydroxylamine groups is 1. The van der Waals surface area contributed by atoms with Gasteiger partial charge in [-0.3, -0.25) is 0 Å². The molecular weight excluding hydrogens is 692 g/mol. The number of hydrogen-bond donors (Lipinski definition) is 16. The summed E-state index contributed by atoms with van der Waals surface area (Å²) >= 11 is 0. The van der Waals surface area contributed by atoms with Gasteiger partial charge in [0.2, 0.25) is 0 Å². The van der Waals surface area contributed by atoms with E-state index in [2.05, 4.69) is 5.43 Å². The van der Waals surface area contributed by atoms with Crippen LogP contribution in [0.4, 0.5) is 0 Å². The van der Waals surface area contributed by atoms with Gasteiger partial charge in [-0.25, -0.2) is 0 Å². The summed E-state index contributed by atoms with van der Waals surface area (Å²) in [5.41, 5.74) is 2.41. The van der Waals surface area contributed by atoms with Gasteiger partial charge in [-0.05, 0) is 0 Å². The summed E-state index contributed by atoms with van der Waals surface area (Å²) in [6.45, 7) is -3.82. The van der Waals surface area contributed by atoms with E-state index in [1.54, 1.807) is 0 Å². The summed E-state index contributed by atoms with van der Waals surface area (Å²) in [6.07, 6.45) is -35.8. The zero-order valence-electron chi connectivity index (χ0n) is 26.6. The van der Waals surface area contributed by atoms with E-state index in [1.165, 1.54) is 7.05 Å². The topological polar surface area (TPSA) is 374 Å². The fourth-order valence-electron chi connectivity index (χ4n) is 5.88. The van der Waals surface area contributed by atoms with Crippen LogP contribution >= 0.6 is 0 Å². The van der Waals surface area contributed by atoms with Crippen LogP contribution in [0.1, 0.15) is 0 Å². The minimum Gasteiger partial charge on any atom is -0.394 e. The average Bonchev–Trinajstić information content (AvgIpc) is 3.09. The number of quaternary nitrogens is 1. The highest BCUT2D eigenvalue weighted by Crippen LogP contribution is 2.34. The first-order valence-electron chi connectivity index (χ1n) is 15.7. The van der Waals surface area contributed by atoms with Gasteiger partial charge in [-0.15, -0.1) is 10.6 Å². The molecule has 0 amide bonds. The van der Waals surface area contributed by atoms with Gasteiger partial charge in [0, 0.05) is 0 Å². The molecule has 0 spiro atoms. The number of ether oxygens (including phenoxy) is 8. The molecule has 0 radical (unpaired) electrons. The summed E-state index contributed by atoms with van der Waals surface area (Å²) in [4.78, 5) is 0. The van der Waals surface area contributed by atoms with Crippen LogP contribution in [0.3, 0.4) is 0 Å². The van der Waals surface area contributed by atoms with Crippen molar-refractivity contribution in [3.05, 3.63) is 0 Å². The van der Waals surface area contributed by atoms with Gasteiger partial charge < -0.3 is 104 Å². The maximum atomic E-state index is 11.2. The third-order valence-electron chi connectivity index (χ3n) is 8.76. The molecule has 21 atom stereocenters. The summed E-state index contributed by atoms with van der Waals surface area (Å²) in [5, 5.41) is 144. The van der Waals surface area contributed by atoms with E-state index in [0.717, 1.165) is 0 Å².